The number of halogens is 5. The van der Waals surface area contributed by atoms with Crippen molar-refractivity contribution in [3.05, 3.63) is 29.3 Å². The normalized spacial score (nSPS) is 18.3. The van der Waals surface area contributed by atoms with Gasteiger partial charge in [-0.15, -0.1) is 5.10 Å². The number of fused-ring (bicyclic) bond motifs is 1. The molecule has 1 aliphatic rings. The van der Waals surface area contributed by atoms with Gasteiger partial charge in [-0.25, -0.2) is 13.8 Å². The standard InChI is InChI=1S/C25H32F3N5O.CH2F2/c1-14-7-6-8-16(9-14)30-23-33-32-22(34-23)20-10-15(2)18-11-17(29-13-25(26,27)28)12-19(21(18)31-20)24(3,4)5;2-1-3/h10-12,14,16,29H,6-9,13H2,1-5H3,(H,30,33);1H2. The van der Waals surface area contributed by atoms with E-state index in [2.05, 4.69) is 27.8 Å². The van der Waals surface area contributed by atoms with Crippen molar-refractivity contribution in [2.45, 2.75) is 77.9 Å². The Morgan fingerprint density at radius 1 is 1.05 bits per heavy atom. The molecule has 1 aromatic carbocycles. The van der Waals surface area contributed by atoms with E-state index in [0.29, 0.717) is 40.8 Å². The number of anilines is 2. The van der Waals surface area contributed by atoms with Crippen LogP contribution in [-0.4, -0.2) is 40.9 Å². The van der Waals surface area contributed by atoms with Crippen LogP contribution in [0.4, 0.5) is 33.7 Å². The zero-order valence-electron chi connectivity index (χ0n) is 21.8. The summed E-state index contributed by atoms with van der Waals surface area (Å²) in [4.78, 5) is 4.82. The Morgan fingerprint density at radius 3 is 2.38 bits per heavy atom. The summed E-state index contributed by atoms with van der Waals surface area (Å²) in [6.07, 6.45) is 0.283. The Morgan fingerprint density at radius 2 is 1.76 bits per heavy atom. The van der Waals surface area contributed by atoms with Crippen molar-refractivity contribution < 1.29 is 26.4 Å². The second kappa shape index (κ2) is 11.6. The van der Waals surface area contributed by atoms with Gasteiger partial charge < -0.3 is 15.1 Å². The first-order chi connectivity index (χ1) is 17.3. The van der Waals surface area contributed by atoms with Crippen LogP contribution in [0, 0.1) is 12.8 Å². The number of aryl methyl sites for hydroxylation is 1. The zero-order chi connectivity index (χ0) is 27.4. The SMILES string of the molecule is Cc1cc(-c2nnc(NC3CCCC(C)C3)o2)nc2c(C(C)(C)C)cc(NCC(F)(F)F)cc12.FCF. The predicted octanol–water partition coefficient (Wildman–Crippen LogP) is 7.74. The Balaban J connectivity index is 0.00000121. The van der Waals surface area contributed by atoms with Crippen molar-refractivity contribution in [2.75, 3.05) is 24.1 Å². The van der Waals surface area contributed by atoms with E-state index in [0.717, 1.165) is 29.4 Å². The number of hydrogen-bond donors (Lipinski definition) is 2. The van der Waals surface area contributed by atoms with Crippen molar-refractivity contribution in [3.8, 4) is 11.6 Å². The predicted molar refractivity (Wildman–Crippen MR) is 135 cm³/mol. The first-order valence-electron chi connectivity index (χ1n) is 12.3. The molecule has 2 unspecified atom stereocenters. The smallest absolute Gasteiger partial charge is 0.402 e. The lowest BCUT2D eigenvalue weighted by atomic mass is 9.84. The summed E-state index contributed by atoms with van der Waals surface area (Å²) in [5, 5.41) is 15.0. The molecule has 2 heterocycles. The average Bonchev–Trinajstić information content (AvgIpc) is 3.25. The van der Waals surface area contributed by atoms with E-state index in [-0.39, 0.29) is 5.41 Å². The molecule has 1 aliphatic carbocycles. The number of hydrogen-bond acceptors (Lipinski definition) is 6. The molecule has 3 aromatic rings. The topological polar surface area (TPSA) is 75.9 Å². The molecule has 37 heavy (non-hydrogen) atoms. The van der Waals surface area contributed by atoms with Crippen molar-refractivity contribution >= 4 is 22.6 Å². The van der Waals surface area contributed by atoms with E-state index in [1.54, 1.807) is 12.1 Å². The Bertz CT molecular complexity index is 1190. The molecule has 0 spiro atoms. The lowest BCUT2D eigenvalue weighted by Crippen LogP contribution is -2.26. The van der Waals surface area contributed by atoms with Crippen LogP contribution in [0.2, 0.25) is 0 Å². The van der Waals surface area contributed by atoms with Gasteiger partial charge in [0.25, 0.3) is 5.89 Å². The molecule has 0 bridgehead atoms. The molecule has 204 valence electrons. The molecule has 1 fully saturated rings. The highest BCUT2D eigenvalue weighted by atomic mass is 19.4. The summed E-state index contributed by atoms with van der Waals surface area (Å²) in [7, 11) is 0. The lowest BCUT2D eigenvalue weighted by Gasteiger charge is -2.26. The average molecular weight is 528 g/mol. The molecular weight excluding hydrogens is 493 g/mol. The highest BCUT2D eigenvalue weighted by Gasteiger charge is 2.28. The largest absolute Gasteiger partial charge is 0.405 e. The van der Waals surface area contributed by atoms with Crippen molar-refractivity contribution in [3.63, 3.8) is 0 Å². The Labute approximate surface area is 213 Å². The van der Waals surface area contributed by atoms with Crippen molar-refractivity contribution in [2.24, 2.45) is 5.92 Å². The van der Waals surface area contributed by atoms with E-state index in [4.69, 9.17) is 9.40 Å². The summed E-state index contributed by atoms with van der Waals surface area (Å²) in [6.45, 7) is 7.36. The fourth-order valence-corrected chi connectivity index (χ4v) is 4.60. The van der Waals surface area contributed by atoms with Gasteiger partial charge in [0.05, 0.1) is 5.52 Å². The fourth-order valence-electron chi connectivity index (χ4n) is 4.60. The lowest BCUT2D eigenvalue weighted by molar-refractivity contribution is -0.115. The summed E-state index contributed by atoms with van der Waals surface area (Å²) in [5.74, 6) is 0.986. The summed E-state index contributed by atoms with van der Waals surface area (Å²) < 4.78 is 63.5. The molecule has 0 aliphatic heterocycles. The van der Waals surface area contributed by atoms with Gasteiger partial charge in [0, 0.05) is 17.1 Å². The number of pyridine rings is 1. The monoisotopic (exact) mass is 527 g/mol. The van der Waals surface area contributed by atoms with Crippen LogP contribution >= 0.6 is 0 Å². The number of rotatable bonds is 5. The molecule has 2 atom stereocenters. The Hall–Kier alpha value is -2.98. The molecule has 6 nitrogen and oxygen atoms in total. The summed E-state index contributed by atoms with van der Waals surface area (Å²) in [5.41, 5.74) is 3.05. The quantitative estimate of drug-likeness (QED) is 0.331. The van der Waals surface area contributed by atoms with Crippen molar-refractivity contribution in [1.29, 1.82) is 0 Å². The van der Waals surface area contributed by atoms with Gasteiger partial charge >= 0.3 is 12.2 Å². The number of aromatic nitrogens is 3. The third kappa shape index (κ3) is 7.75. The first kappa shape index (κ1) is 28.6. The maximum Gasteiger partial charge on any atom is 0.405 e. The molecule has 0 saturated heterocycles. The van der Waals surface area contributed by atoms with E-state index >= 15 is 0 Å². The van der Waals surface area contributed by atoms with Gasteiger partial charge in [-0.05, 0) is 60.4 Å². The van der Waals surface area contributed by atoms with Gasteiger partial charge in [0.2, 0.25) is 6.93 Å². The third-order valence-corrected chi connectivity index (χ3v) is 6.33. The summed E-state index contributed by atoms with van der Waals surface area (Å²) in [6, 6.07) is 6.00. The van der Waals surface area contributed by atoms with Gasteiger partial charge in [0.15, 0.2) is 0 Å². The molecule has 0 amide bonds. The zero-order valence-corrected chi connectivity index (χ0v) is 21.8. The summed E-state index contributed by atoms with van der Waals surface area (Å²) >= 11 is 0. The first-order valence-corrected chi connectivity index (χ1v) is 12.3. The van der Waals surface area contributed by atoms with Gasteiger partial charge in [0.1, 0.15) is 12.2 Å². The van der Waals surface area contributed by atoms with E-state index in [9.17, 15) is 22.0 Å². The second-order valence-corrected chi connectivity index (χ2v) is 10.6. The maximum absolute atomic E-state index is 12.8. The molecule has 0 radical (unpaired) electrons. The van der Waals surface area contributed by atoms with Crippen LogP contribution < -0.4 is 10.6 Å². The van der Waals surface area contributed by atoms with Gasteiger partial charge in [-0.3, -0.25) is 0 Å². The fraction of sp³-hybridized carbons (Fsp3) is 0.577. The highest BCUT2D eigenvalue weighted by Crippen LogP contribution is 2.36. The van der Waals surface area contributed by atoms with Crippen LogP contribution in [0.25, 0.3) is 22.5 Å². The van der Waals surface area contributed by atoms with Crippen LogP contribution in [0.3, 0.4) is 0 Å². The van der Waals surface area contributed by atoms with Crippen LogP contribution in [0.1, 0.15) is 64.5 Å². The van der Waals surface area contributed by atoms with E-state index in [1.807, 2.05) is 33.8 Å². The number of nitrogens with zero attached hydrogens (tertiary/aromatic N) is 3. The molecule has 11 heteroatoms. The molecule has 1 saturated carbocycles. The number of benzene rings is 1. The van der Waals surface area contributed by atoms with Crippen LogP contribution in [0.15, 0.2) is 22.6 Å². The number of alkyl halides is 5. The maximum atomic E-state index is 12.8. The van der Waals surface area contributed by atoms with Crippen LogP contribution in [-0.2, 0) is 5.41 Å². The minimum atomic E-state index is -4.30. The number of nitrogens with one attached hydrogen (secondary N) is 2. The molecule has 4 rings (SSSR count). The second-order valence-electron chi connectivity index (χ2n) is 10.6. The van der Waals surface area contributed by atoms with Gasteiger partial charge in [-0.2, -0.15) is 13.2 Å². The van der Waals surface area contributed by atoms with Crippen molar-refractivity contribution in [1.82, 2.24) is 15.2 Å². The molecule has 2 aromatic heterocycles. The molecule has 2 N–H and O–H groups in total. The minimum absolute atomic E-state index is 0.315. The van der Waals surface area contributed by atoms with E-state index in [1.165, 1.54) is 12.8 Å². The van der Waals surface area contributed by atoms with E-state index < -0.39 is 19.6 Å². The van der Waals surface area contributed by atoms with Crippen LogP contribution in [0.5, 0.6) is 0 Å². The minimum Gasteiger partial charge on any atom is -0.402 e. The van der Waals surface area contributed by atoms with Gasteiger partial charge in [-0.1, -0.05) is 45.6 Å². The third-order valence-electron chi connectivity index (χ3n) is 6.33. The highest BCUT2D eigenvalue weighted by molar-refractivity contribution is 5.90. The Kier molecular flexibility index (Phi) is 8.96. The molecular formula is C26H34F5N5O.